The summed E-state index contributed by atoms with van der Waals surface area (Å²) in [4.78, 5) is 25.1. The second-order valence-electron chi connectivity index (χ2n) is 6.01. The lowest BCUT2D eigenvalue weighted by molar-refractivity contribution is -0.129. The van der Waals surface area contributed by atoms with Crippen molar-refractivity contribution in [1.82, 2.24) is 19.7 Å². The SMILES string of the molecule is CN(C(=O)CSc1nnc(CCC(N)=O)n1C)C1CCCCC1. The second-order valence-corrected chi connectivity index (χ2v) is 6.95. The maximum atomic E-state index is 12.3. The molecule has 1 aliphatic rings. The first-order chi connectivity index (χ1) is 11.0. The molecule has 0 atom stereocenters. The Kier molecular flexibility index (Phi) is 6.44. The fourth-order valence-corrected chi connectivity index (χ4v) is 3.68. The van der Waals surface area contributed by atoms with Crippen LogP contribution in [0.25, 0.3) is 0 Å². The predicted molar refractivity (Wildman–Crippen MR) is 88.9 cm³/mol. The summed E-state index contributed by atoms with van der Waals surface area (Å²) in [5, 5.41) is 8.84. The molecule has 0 unspecified atom stereocenters. The number of amides is 2. The van der Waals surface area contributed by atoms with Crippen molar-refractivity contribution in [1.29, 1.82) is 0 Å². The van der Waals surface area contributed by atoms with Crippen molar-refractivity contribution in [2.75, 3.05) is 12.8 Å². The lowest BCUT2D eigenvalue weighted by Gasteiger charge is -2.31. The van der Waals surface area contributed by atoms with E-state index in [1.54, 1.807) is 0 Å². The molecule has 7 nitrogen and oxygen atoms in total. The van der Waals surface area contributed by atoms with Crippen molar-refractivity contribution >= 4 is 23.6 Å². The Bertz CT molecular complexity index is 554. The van der Waals surface area contributed by atoms with E-state index in [0.29, 0.717) is 29.2 Å². The van der Waals surface area contributed by atoms with Gasteiger partial charge in [-0.25, -0.2) is 0 Å². The van der Waals surface area contributed by atoms with Crippen molar-refractivity contribution in [3.63, 3.8) is 0 Å². The van der Waals surface area contributed by atoms with E-state index in [4.69, 9.17) is 5.73 Å². The van der Waals surface area contributed by atoms with Gasteiger partial charge in [0.15, 0.2) is 5.16 Å². The molecule has 8 heteroatoms. The summed E-state index contributed by atoms with van der Waals surface area (Å²) in [5.74, 6) is 0.837. The quantitative estimate of drug-likeness (QED) is 0.751. The van der Waals surface area contributed by atoms with E-state index in [9.17, 15) is 9.59 Å². The van der Waals surface area contributed by atoms with Crippen molar-refractivity contribution < 1.29 is 9.59 Å². The molecule has 23 heavy (non-hydrogen) atoms. The van der Waals surface area contributed by atoms with E-state index in [1.807, 2.05) is 23.6 Å². The van der Waals surface area contributed by atoms with Gasteiger partial charge < -0.3 is 15.2 Å². The van der Waals surface area contributed by atoms with Crippen LogP contribution in [-0.4, -0.2) is 50.3 Å². The molecule has 0 aliphatic heterocycles. The smallest absolute Gasteiger partial charge is 0.233 e. The summed E-state index contributed by atoms with van der Waals surface area (Å²) in [7, 11) is 3.74. The fourth-order valence-electron chi connectivity index (χ4n) is 2.82. The number of aromatic nitrogens is 3. The van der Waals surface area contributed by atoms with Gasteiger partial charge in [-0.1, -0.05) is 31.0 Å². The van der Waals surface area contributed by atoms with Crippen molar-refractivity contribution in [3.8, 4) is 0 Å². The topological polar surface area (TPSA) is 94.1 Å². The third-order valence-corrected chi connectivity index (χ3v) is 5.37. The van der Waals surface area contributed by atoms with Crippen LogP contribution < -0.4 is 5.73 Å². The third-order valence-electron chi connectivity index (χ3n) is 4.36. The largest absolute Gasteiger partial charge is 0.370 e. The molecule has 1 saturated carbocycles. The molecule has 0 saturated heterocycles. The van der Waals surface area contributed by atoms with Gasteiger partial charge in [0.2, 0.25) is 11.8 Å². The van der Waals surface area contributed by atoms with Crippen LogP contribution in [-0.2, 0) is 23.1 Å². The number of primary amides is 1. The number of aryl methyl sites for hydroxylation is 1. The van der Waals surface area contributed by atoms with E-state index in [1.165, 1.54) is 31.0 Å². The molecular formula is C15H25N5O2S. The van der Waals surface area contributed by atoms with Crippen LogP contribution in [0.15, 0.2) is 5.16 Å². The van der Waals surface area contributed by atoms with Crippen LogP contribution in [0.1, 0.15) is 44.3 Å². The Hall–Kier alpha value is -1.57. The van der Waals surface area contributed by atoms with Gasteiger partial charge in [-0.15, -0.1) is 10.2 Å². The molecule has 1 aromatic heterocycles. The highest BCUT2D eigenvalue weighted by atomic mass is 32.2. The highest BCUT2D eigenvalue weighted by Crippen LogP contribution is 2.23. The number of nitrogens with two attached hydrogens (primary N) is 1. The van der Waals surface area contributed by atoms with Crippen molar-refractivity contribution in [3.05, 3.63) is 5.82 Å². The second kappa shape index (κ2) is 8.33. The van der Waals surface area contributed by atoms with E-state index >= 15 is 0 Å². The molecular weight excluding hydrogens is 314 g/mol. The van der Waals surface area contributed by atoms with Gasteiger partial charge in [0.1, 0.15) is 5.82 Å². The molecule has 0 bridgehead atoms. The standard InChI is InChI=1S/C15H25N5O2S/c1-19(11-6-4-3-5-7-11)14(22)10-23-15-18-17-13(20(15)2)9-8-12(16)21/h11H,3-10H2,1-2H3,(H2,16,21). The first kappa shape index (κ1) is 17.8. The Labute approximate surface area is 141 Å². The number of carbonyl (C=O) groups is 2. The van der Waals surface area contributed by atoms with Gasteiger partial charge in [0.05, 0.1) is 5.75 Å². The Balaban J connectivity index is 1.85. The number of nitrogens with zero attached hydrogens (tertiary/aromatic N) is 4. The number of rotatable bonds is 7. The maximum absolute atomic E-state index is 12.3. The highest BCUT2D eigenvalue weighted by molar-refractivity contribution is 7.99. The molecule has 0 spiro atoms. The summed E-state index contributed by atoms with van der Waals surface area (Å²) in [6.07, 6.45) is 6.63. The van der Waals surface area contributed by atoms with E-state index < -0.39 is 0 Å². The van der Waals surface area contributed by atoms with Crippen LogP contribution in [0.3, 0.4) is 0 Å². The monoisotopic (exact) mass is 339 g/mol. The molecule has 2 amide bonds. The summed E-state index contributed by atoms with van der Waals surface area (Å²) in [6, 6.07) is 0.377. The average Bonchev–Trinajstić information content (AvgIpc) is 2.91. The summed E-state index contributed by atoms with van der Waals surface area (Å²) < 4.78 is 1.82. The molecule has 2 rings (SSSR count). The average molecular weight is 339 g/mol. The minimum absolute atomic E-state index is 0.128. The van der Waals surface area contributed by atoms with Crippen LogP contribution >= 0.6 is 11.8 Å². The Morgan fingerprint density at radius 1 is 1.30 bits per heavy atom. The molecule has 1 aromatic rings. The lowest BCUT2D eigenvalue weighted by atomic mass is 9.94. The van der Waals surface area contributed by atoms with Gasteiger partial charge in [-0.05, 0) is 12.8 Å². The van der Waals surface area contributed by atoms with Gasteiger partial charge in [-0.3, -0.25) is 9.59 Å². The summed E-state index contributed by atoms with van der Waals surface area (Å²) in [6.45, 7) is 0. The zero-order valence-electron chi connectivity index (χ0n) is 13.8. The predicted octanol–water partition coefficient (Wildman–Crippen LogP) is 1.12. The first-order valence-corrected chi connectivity index (χ1v) is 9.02. The minimum Gasteiger partial charge on any atom is -0.370 e. The summed E-state index contributed by atoms with van der Waals surface area (Å²) >= 11 is 1.38. The molecule has 1 fully saturated rings. The Morgan fingerprint density at radius 2 is 2.00 bits per heavy atom. The van der Waals surface area contributed by atoms with Gasteiger partial charge >= 0.3 is 0 Å². The van der Waals surface area contributed by atoms with E-state index in [0.717, 1.165) is 12.8 Å². The fraction of sp³-hybridized carbons (Fsp3) is 0.733. The third kappa shape index (κ3) is 4.95. The van der Waals surface area contributed by atoms with E-state index in [-0.39, 0.29) is 18.2 Å². The number of thioether (sulfide) groups is 1. The Morgan fingerprint density at radius 3 is 2.65 bits per heavy atom. The molecule has 128 valence electrons. The lowest BCUT2D eigenvalue weighted by Crippen LogP contribution is -2.39. The molecule has 0 aromatic carbocycles. The maximum Gasteiger partial charge on any atom is 0.233 e. The van der Waals surface area contributed by atoms with Crippen LogP contribution in [0.4, 0.5) is 0 Å². The van der Waals surface area contributed by atoms with Gasteiger partial charge in [0, 0.05) is 33.0 Å². The number of hydrogen-bond acceptors (Lipinski definition) is 5. The van der Waals surface area contributed by atoms with Crippen molar-refractivity contribution in [2.24, 2.45) is 12.8 Å². The van der Waals surface area contributed by atoms with Gasteiger partial charge in [-0.2, -0.15) is 0 Å². The minimum atomic E-state index is -0.355. The van der Waals surface area contributed by atoms with Crippen LogP contribution in [0, 0.1) is 0 Å². The summed E-state index contributed by atoms with van der Waals surface area (Å²) in [5.41, 5.74) is 5.15. The molecule has 0 radical (unpaired) electrons. The molecule has 2 N–H and O–H groups in total. The zero-order chi connectivity index (χ0) is 16.8. The van der Waals surface area contributed by atoms with Crippen LogP contribution in [0.5, 0.6) is 0 Å². The number of carbonyl (C=O) groups excluding carboxylic acids is 2. The molecule has 1 aliphatic carbocycles. The van der Waals surface area contributed by atoms with Crippen molar-refractivity contribution in [2.45, 2.75) is 56.1 Å². The first-order valence-electron chi connectivity index (χ1n) is 8.04. The van der Waals surface area contributed by atoms with Crippen LogP contribution in [0.2, 0.25) is 0 Å². The van der Waals surface area contributed by atoms with E-state index in [2.05, 4.69) is 10.2 Å². The molecule has 1 heterocycles. The zero-order valence-corrected chi connectivity index (χ0v) is 14.6. The number of hydrogen-bond donors (Lipinski definition) is 1. The normalized spacial score (nSPS) is 15.6. The van der Waals surface area contributed by atoms with Gasteiger partial charge in [0.25, 0.3) is 0 Å². The highest BCUT2D eigenvalue weighted by Gasteiger charge is 2.22.